The van der Waals surface area contributed by atoms with Crippen molar-refractivity contribution in [2.24, 2.45) is 5.73 Å². The van der Waals surface area contributed by atoms with Gasteiger partial charge in [0.1, 0.15) is 0 Å². The zero-order valence-corrected chi connectivity index (χ0v) is 9.13. The highest BCUT2D eigenvalue weighted by Gasteiger charge is 2.27. The van der Waals surface area contributed by atoms with Crippen LogP contribution in [0.3, 0.4) is 0 Å². The quantitative estimate of drug-likeness (QED) is 0.644. The monoisotopic (exact) mass is 189 g/mol. The van der Waals surface area contributed by atoms with E-state index in [1.165, 1.54) is 0 Å². The molecule has 72 valence electrons. The highest BCUT2D eigenvalue weighted by Crippen LogP contribution is 2.28. The lowest BCUT2D eigenvalue weighted by Gasteiger charge is -2.27. The van der Waals surface area contributed by atoms with Crippen LogP contribution in [0.2, 0.25) is 25.2 Å². The minimum atomic E-state index is -1.33. The summed E-state index contributed by atoms with van der Waals surface area (Å²) in [6.45, 7) is 7.17. The predicted molar refractivity (Wildman–Crippen MR) is 53.0 cm³/mol. The number of rotatable bonds is 5. The molecule has 0 fully saturated rings. The number of carboxylic acids is 1. The van der Waals surface area contributed by atoms with E-state index in [0.717, 1.165) is 6.42 Å². The van der Waals surface area contributed by atoms with Gasteiger partial charge in [-0.05, 0) is 18.5 Å². The van der Waals surface area contributed by atoms with Crippen molar-refractivity contribution in [1.29, 1.82) is 0 Å². The maximum atomic E-state index is 10.5. The van der Waals surface area contributed by atoms with Gasteiger partial charge in [-0.1, -0.05) is 19.6 Å². The Labute approximate surface area is 75.0 Å². The maximum absolute atomic E-state index is 10.5. The summed E-state index contributed by atoms with van der Waals surface area (Å²) in [5.41, 5.74) is 5.75. The number of hydrogen-bond donors (Lipinski definition) is 2. The van der Waals surface area contributed by atoms with Gasteiger partial charge in [-0.3, -0.25) is 4.79 Å². The van der Waals surface area contributed by atoms with Crippen LogP contribution in [-0.4, -0.2) is 25.7 Å². The van der Waals surface area contributed by atoms with E-state index in [1.807, 2.05) is 0 Å². The standard InChI is InChI=1S/C8H19NO2Si/c1-12(2,3)7(4-5-9)6-8(10)11/h7H,4-6,9H2,1-3H3,(H,10,11). The summed E-state index contributed by atoms with van der Waals surface area (Å²) >= 11 is 0. The van der Waals surface area contributed by atoms with E-state index in [2.05, 4.69) is 19.6 Å². The molecule has 1 atom stereocenters. The van der Waals surface area contributed by atoms with Crippen LogP contribution in [-0.2, 0) is 4.79 Å². The topological polar surface area (TPSA) is 63.3 Å². The van der Waals surface area contributed by atoms with Crippen LogP contribution in [0.5, 0.6) is 0 Å². The molecule has 0 aromatic carbocycles. The summed E-state index contributed by atoms with van der Waals surface area (Å²) in [4.78, 5) is 10.5. The second kappa shape index (κ2) is 4.62. The largest absolute Gasteiger partial charge is 0.481 e. The minimum absolute atomic E-state index is 0.285. The normalized spacial score (nSPS) is 14.3. The van der Waals surface area contributed by atoms with Crippen molar-refractivity contribution < 1.29 is 9.90 Å². The fourth-order valence-corrected chi connectivity index (χ4v) is 3.07. The summed E-state index contributed by atoms with van der Waals surface area (Å²) < 4.78 is 0. The molecular weight excluding hydrogens is 170 g/mol. The third-order valence-corrected chi connectivity index (χ3v) is 5.10. The molecule has 0 aromatic rings. The van der Waals surface area contributed by atoms with Gasteiger partial charge < -0.3 is 10.8 Å². The zero-order chi connectivity index (χ0) is 9.78. The highest BCUT2D eigenvalue weighted by molar-refractivity contribution is 6.77. The molecule has 4 heteroatoms. The van der Waals surface area contributed by atoms with Crippen molar-refractivity contribution >= 4 is 14.0 Å². The molecule has 0 aliphatic carbocycles. The van der Waals surface area contributed by atoms with E-state index in [9.17, 15) is 4.79 Å². The first-order chi connectivity index (χ1) is 5.38. The van der Waals surface area contributed by atoms with Crippen LogP contribution in [0.15, 0.2) is 0 Å². The third-order valence-electron chi connectivity index (χ3n) is 2.16. The van der Waals surface area contributed by atoms with Gasteiger partial charge in [0.05, 0.1) is 0 Å². The molecule has 12 heavy (non-hydrogen) atoms. The average molecular weight is 189 g/mol. The van der Waals surface area contributed by atoms with E-state index < -0.39 is 14.0 Å². The van der Waals surface area contributed by atoms with Gasteiger partial charge in [-0.25, -0.2) is 0 Å². The first-order valence-electron chi connectivity index (χ1n) is 4.29. The Bertz CT molecular complexity index is 154. The summed E-state index contributed by atoms with van der Waals surface area (Å²) in [5.74, 6) is -0.698. The average Bonchev–Trinajstić information content (AvgIpc) is 1.83. The molecule has 0 saturated heterocycles. The van der Waals surface area contributed by atoms with E-state index in [4.69, 9.17) is 10.8 Å². The van der Waals surface area contributed by atoms with Crippen molar-refractivity contribution in [3.8, 4) is 0 Å². The van der Waals surface area contributed by atoms with Crippen molar-refractivity contribution in [2.45, 2.75) is 38.0 Å². The Morgan fingerprint density at radius 3 is 2.25 bits per heavy atom. The smallest absolute Gasteiger partial charge is 0.303 e. The molecule has 0 aliphatic rings. The lowest BCUT2D eigenvalue weighted by atomic mass is 10.2. The lowest BCUT2D eigenvalue weighted by Crippen LogP contribution is -2.31. The number of nitrogens with two attached hydrogens (primary N) is 1. The van der Waals surface area contributed by atoms with Crippen molar-refractivity contribution in [3.63, 3.8) is 0 Å². The Hall–Kier alpha value is -0.353. The summed E-state index contributed by atoms with van der Waals surface area (Å²) in [5, 5.41) is 8.66. The second-order valence-corrected chi connectivity index (χ2v) is 9.79. The molecule has 0 aliphatic heterocycles. The molecule has 0 spiro atoms. The summed E-state index contributed by atoms with van der Waals surface area (Å²) in [6.07, 6.45) is 1.13. The fraction of sp³-hybridized carbons (Fsp3) is 0.875. The van der Waals surface area contributed by atoms with Gasteiger partial charge in [0.15, 0.2) is 0 Å². The van der Waals surface area contributed by atoms with Crippen molar-refractivity contribution in [1.82, 2.24) is 0 Å². The number of hydrogen-bond acceptors (Lipinski definition) is 2. The maximum Gasteiger partial charge on any atom is 0.303 e. The van der Waals surface area contributed by atoms with Crippen LogP contribution >= 0.6 is 0 Å². The van der Waals surface area contributed by atoms with Crippen molar-refractivity contribution in [3.05, 3.63) is 0 Å². The molecule has 0 radical (unpaired) electrons. The van der Waals surface area contributed by atoms with E-state index in [-0.39, 0.29) is 6.42 Å². The zero-order valence-electron chi connectivity index (χ0n) is 8.13. The lowest BCUT2D eigenvalue weighted by molar-refractivity contribution is -0.137. The van der Waals surface area contributed by atoms with Crippen LogP contribution in [0, 0.1) is 0 Å². The molecule has 0 heterocycles. The molecule has 1 unspecified atom stereocenters. The number of carboxylic acid groups (broad SMARTS) is 1. The highest BCUT2D eigenvalue weighted by atomic mass is 28.3. The molecule has 0 bridgehead atoms. The van der Waals surface area contributed by atoms with E-state index >= 15 is 0 Å². The number of aliphatic carboxylic acids is 1. The summed E-state index contributed by atoms with van der Waals surface area (Å²) in [7, 11) is -1.33. The molecule has 3 N–H and O–H groups in total. The third kappa shape index (κ3) is 4.51. The van der Waals surface area contributed by atoms with E-state index in [0.29, 0.717) is 12.1 Å². The Morgan fingerprint density at radius 2 is 2.00 bits per heavy atom. The first-order valence-corrected chi connectivity index (χ1v) is 7.87. The van der Waals surface area contributed by atoms with Gasteiger partial charge in [0.2, 0.25) is 0 Å². The molecule has 3 nitrogen and oxygen atoms in total. The Morgan fingerprint density at radius 1 is 1.50 bits per heavy atom. The first kappa shape index (κ1) is 11.6. The minimum Gasteiger partial charge on any atom is -0.481 e. The fourth-order valence-electron chi connectivity index (χ4n) is 1.25. The SMILES string of the molecule is C[Si](C)(C)C(CCN)CC(=O)O. The summed E-state index contributed by atoms with van der Waals surface area (Å²) in [6, 6.07) is 0. The van der Waals surface area contributed by atoms with Crippen LogP contribution in [0.1, 0.15) is 12.8 Å². The van der Waals surface area contributed by atoms with Crippen LogP contribution in [0.4, 0.5) is 0 Å². The predicted octanol–water partition coefficient (Wildman–Crippen LogP) is 1.52. The van der Waals surface area contributed by atoms with Crippen LogP contribution in [0.25, 0.3) is 0 Å². The second-order valence-electron chi connectivity index (χ2n) is 4.24. The molecular formula is C8H19NO2Si. The molecule has 0 rings (SSSR count). The molecule has 0 amide bonds. The molecule has 0 aromatic heterocycles. The Kier molecular flexibility index (Phi) is 4.48. The van der Waals surface area contributed by atoms with Gasteiger partial charge in [-0.15, -0.1) is 0 Å². The number of carbonyl (C=O) groups is 1. The van der Waals surface area contributed by atoms with Gasteiger partial charge >= 0.3 is 5.97 Å². The van der Waals surface area contributed by atoms with Gasteiger partial charge in [0.25, 0.3) is 0 Å². The van der Waals surface area contributed by atoms with Gasteiger partial charge in [-0.2, -0.15) is 0 Å². The Balaban J connectivity index is 4.13. The van der Waals surface area contributed by atoms with Crippen LogP contribution < -0.4 is 5.73 Å². The molecule has 0 saturated carbocycles. The van der Waals surface area contributed by atoms with E-state index in [1.54, 1.807) is 0 Å². The van der Waals surface area contributed by atoms with Crippen molar-refractivity contribution in [2.75, 3.05) is 6.54 Å². The van der Waals surface area contributed by atoms with Gasteiger partial charge in [0, 0.05) is 14.5 Å².